The molecule has 1 heterocycles. The maximum absolute atomic E-state index is 12.1. The molecule has 2 rings (SSSR count). The Kier molecular flexibility index (Phi) is 8.28. The molecule has 6 nitrogen and oxygen atoms in total. The molecule has 0 unspecified atom stereocenters. The van der Waals surface area contributed by atoms with Gasteiger partial charge in [-0.1, -0.05) is 45.0 Å². The van der Waals surface area contributed by atoms with Crippen molar-refractivity contribution in [2.24, 2.45) is 4.99 Å². The predicted octanol–water partition coefficient (Wildman–Crippen LogP) is 4.31. The van der Waals surface area contributed by atoms with Gasteiger partial charge in [-0.25, -0.2) is 9.98 Å². The molecule has 9 heteroatoms. The summed E-state index contributed by atoms with van der Waals surface area (Å²) in [6.07, 6.45) is -2.58. The summed E-state index contributed by atoms with van der Waals surface area (Å²) in [5.41, 5.74) is 1.50. The Morgan fingerprint density at radius 3 is 2.33 bits per heavy atom. The second-order valence-corrected chi connectivity index (χ2v) is 7.84. The fraction of sp³-hybridized carbons (Fsp3) is 0.524. The highest BCUT2D eigenvalue weighted by atomic mass is 19.4. The average Bonchev–Trinajstić information content (AvgIpc) is 3.13. The monoisotopic (exact) mass is 426 g/mol. The van der Waals surface area contributed by atoms with Crippen LogP contribution in [0, 0.1) is 0 Å². The summed E-state index contributed by atoms with van der Waals surface area (Å²) in [5.74, 6) is 2.01. The van der Waals surface area contributed by atoms with Crippen LogP contribution in [0.4, 0.5) is 13.2 Å². The molecule has 1 aromatic carbocycles. The Bertz CT molecular complexity index is 809. The van der Waals surface area contributed by atoms with Crippen LogP contribution in [0.1, 0.15) is 50.5 Å². The van der Waals surface area contributed by atoms with Gasteiger partial charge in [-0.15, -0.1) is 0 Å². The Labute approximate surface area is 174 Å². The Hall–Kier alpha value is -2.55. The molecule has 0 saturated heterocycles. The number of aromatic nitrogens is 1. The molecule has 0 aliphatic carbocycles. The number of oxazole rings is 1. The predicted molar refractivity (Wildman–Crippen MR) is 109 cm³/mol. The molecule has 2 aromatic rings. The molecular formula is C21H29F3N4O2. The van der Waals surface area contributed by atoms with Crippen LogP contribution in [0.3, 0.4) is 0 Å². The molecule has 2 N–H and O–H groups in total. The van der Waals surface area contributed by atoms with Crippen LogP contribution in [0.5, 0.6) is 0 Å². The van der Waals surface area contributed by atoms with Crippen molar-refractivity contribution in [3.8, 4) is 0 Å². The number of halogens is 3. The molecule has 0 bridgehead atoms. The first kappa shape index (κ1) is 23.7. The van der Waals surface area contributed by atoms with Crippen LogP contribution in [0.25, 0.3) is 0 Å². The van der Waals surface area contributed by atoms with Crippen molar-refractivity contribution in [2.45, 2.75) is 59.0 Å². The van der Waals surface area contributed by atoms with Crippen molar-refractivity contribution >= 4 is 5.96 Å². The van der Waals surface area contributed by atoms with Crippen molar-refractivity contribution in [2.75, 3.05) is 13.2 Å². The first-order chi connectivity index (χ1) is 14.1. The van der Waals surface area contributed by atoms with E-state index >= 15 is 0 Å². The van der Waals surface area contributed by atoms with Gasteiger partial charge in [0.2, 0.25) is 5.89 Å². The van der Waals surface area contributed by atoms with Gasteiger partial charge >= 0.3 is 6.18 Å². The minimum atomic E-state index is -4.32. The molecule has 1 aromatic heterocycles. The minimum Gasteiger partial charge on any atom is -0.443 e. The van der Waals surface area contributed by atoms with Gasteiger partial charge in [0.15, 0.2) is 5.96 Å². The number of nitrogens with one attached hydrogen (secondary N) is 2. The number of hydrogen-bond acceptors (Lipinski definition) is 4. The van der Waals surface area contributed by atoms with E-state index in [0.29, 0.717) is 37.0 Å². The summed E-state index contributed by atoms with van der Waals surface area (Å²) >= 11 is 0. The van der Waals surface area contributed by atoms with E-state index in [2.05, 4.69) is 46.1 Å². The zero-order chi connectivity index (χ0) is 22.2. The summed E-state index contributed by atoms with van der Waals surface area (Å²) < 4.78 is 46.8. The van der Waals surface area contributed by atoms with Crippen molar-refractivity contribution < 1.29 is 22.3 Å². The summed E-state index contributed by atoms with van der Waals surface area (Å²) in [6, 6.07) is 7.12. The molecule has 0 aliphatic rings. The van der Waals surface area contributed by atoms with E-state index in [-0.39, 0.29) is 12.0 Å². The van der Waals surface area contributed by atoms with Crippen molar-refractivity contribution in [1.29, 1.82) is 0 Å². The maximum Gasteiger partial charge on any atom is 0.411 e. The standard InChI is InChI=1S/C21H29F3N4O2/c1-5-25-19(28-12-18-26-11-17(30-18)20(2,3)4)27-10-15-6-8-16(9-7-15)13-29-14-21(22,23)24/h6-9,11H,5,10,12-14H2,1-4H3,(H2,25,27,28). The SMILES string of the molecule is CCNC(=NCc1ccc(COCC(F)(F)F)cc1)NCc1ncc(C(C)(C)C)o1. The van der Waals surface area contributed by atoms with Crippen molar-refractivity contribution in [1.82, 2.24) is 15.6 Å². The van der Waals surface area contributed by atoms with Crippen LogP contribution >= 0.6 is 0 Å². The molecule has 0 atom stereocenters. The summed E-state index contributed by atoms with van der Waals surface area (Å²) in [7, 11) is 0. The smallest absolute Gasteiger partial charge is 0.411 e. The first-order valence-corrected chi connectivity index (χ1v) is 9.76. The van der Waals surface area contributed by atoms with Crippen LogP contribution in [0.2, 0.25) is 0 Å². The molecule has 30 heavy (non-hydrogen) atoms. The maximum atomic E-state index is 12.1. The van der Waals surface area contributed by atoms with Gasteiger partial charge < -0.3 is 19.8 Å². The number of hydrogen-bond donors (Lipinski definition) is 2. The van der Waals surface area contributed by atoms with E-state index in [1.807, 2.05) is 19.1 Å². The highest BCUT2D eigenvalue weighted by Gasteiger charge is 2.27. The molecule has 0 amide bonds. The Morgan fingerprint density at radius 2 is 1.77 bits per heavy atom. The number of guanidine groups is 1. The molecule has 0 spiro atoms. The third-order valence-corrected chi connectivity index (χ3v) is 4.02. The van der Waals surface area contributed by atoms with Gasteiger partial charge in [-0.05, 0) is 18.1 Å². The van der Waals surface area contributed by atoms with E-state index < -0.39 is 12.8 Å². The highest BCUT2D eigenvalue weighted by molar-refractivity contribution is 5.79. The lowest BCUT2D eigenvalue weighted by Gasteiger charge is -2.13. The number of nitrogens with zero attached hydrogens (tertiary/aromatic N) is 2. The quantitative estimate of drug-likeness (QED) is 0.486. The average molecular weight is 426 g/mol. The molecule has 0 radical (unpaired) electrons. The van der Waals surface area contributed by atoms with E-state index in [1.54, 1.807) is 18.3 Å². The number of benzene rings is 1. The fourth-order valence-electron chi connectivity index (χ4n) is 2.44. The normalized spacial score (nSPS) is 12.8. The Balaban J connectivity index is 1.88. The van der Waals surface area contributed by atoms with E-state index in [0.717, 1.165) is 11.3 Å². The third-order valence-electron chi connectivity index (χ3n) is 4.02. The summed E-state index contributed by atoms with van der Waals surface area (Å²) in [5, 5.41) is 6.34. The first-order valence-electron chi connectivity index (χ1n) is 9.76. The lowest BCUT2D eigenvalue weighted by atomic mass is 9.94. The van der Waals surface area contributed by atoms with Crippen molar-refractivity contribution in [3.05, 3.63) is 53.2 Å². The van der Waals surface area contributed by atoms with Gasteiger partial charge in [0.05, 0.1) is 25.9 Å². The van der Waals surface area contributed by atoms with E-state index in [4.69, 9.17) is 4.42 Å². The molecule has 0 aliphatic heterocycles. The van der Waals surface area contributed by atoms with Gasteiger partial charge in [-0.2, -0.15) is 13.2 Å². The number of aliphatic imine (C=N–C) groups is 1. The largest absolute Gasteiger partial charge is 0.443 e. The topological polar surface area (TPSA) is 71.7 Å². The van der Waals surface area contributed by atoms with Crippen LogP contribution < -0.4 is 10.6 Å². The van der Waals surface area contributed by atoms with Crippen LogP contribution in [0.15, 0.2) is 39.9 Å². The molecule has 0 saturated carbocycles. The zero-order valence-corrected chi connectivity index (χ0v) is 17.8. The summed E-state index contributed by atoms with van der Waals surface area (Å²) in [6.45, 7) is 8.32. The molecule has 0 fully saturated rings. The fourth-order valence-corrected chi connectivity index (χ4v) is 2.44. The van der Waals surface area contributed by atoms with Gasteiger partial charge in [0, 0.05) is 12.0 Å². The van der Waals surface area contributed by atoms with Gasteiger partial charge in [-0.3, -0.25) is 0 Å². The van der Waals surface area contributed by atoms with Gasteiger partial charge in [0.25, 0.3) is 0 Å². The third kappa shape index (κ3) is 8.44. The molecular weight excluding hydrogens is 397 g/mol. The minimum absolute atomic E-state index is 0.0834. The second-order valence-electron chi connectivity index (χ2n) is 7.84. The highest BCUT2D eigenvalue weighted by Crippen LogP contribution is 2.22. The van der Waals surface area contributed by atoms with Crippen LogP contribution in [-0.4, -0.2) is 30.3 Å². The molecule has 166 valence electrons. The lowest BCUT2D eigenvalue weighted by molar-refractivity contribution is -0.176. The second kappa shape index (κ2) is 10.5. The van der Waals surface area contributed by atoms with Crippen LogP contribution in [-0.2, 0) is 29.8 Å². The zero-order valence-electron chi connectivity index (χ0n) is 17.8. The Morgan fingerprint density at radius 1 is 1.10 bits per heavy atom. The van der Waals surface area contributed by atoms with Gasteiger partial charge in [0.1, 0.15) is 12.4 Å². The van der Waals surface area contributed by atoms with Crippen molar-refractivity contribution in [3.63, 3.8) is 0 Å². The number of ether oxygens (including phenoxy) is 1. The number of rotatable bonds is 8. The summed E-state index contributed by atoms with van der Waals surface area (Å²) in [4.78, 5) is 8.81. The lowest BCUT2D eigenvalue weighted by Crippen LogP contribution is -2.36. The van der Waals surface area contributed by atoms with E-state index in [1.165, 1.54) is 0 Å². The van der Waals surface area contributed by atoms with E-state index in [9.17, 15) is 13.2 Å². The number of alkyl halides is 3.